The summed E-state index contributed by atoms with van der Waals surface area (Å²) in [4.78, 5) is 0. The third-order valence-corrected chi connectivity index (χ3v) is 2.65. The fourth-order valence-electron chi connectivity index (χ4n) is 1.28. The SMILES string of the molecule is CC(C)=CCOc1cc(Br)ccc1C(C)O. The zero-order chi connectivity index (χ0) is 12.1. The van der Waals surface area contributed by atoms with Crippen LogP contribution in [0.25, 0.3) is 0 Å². The molecule has 0 bridgehead atoms. The molecule has 1 N–H and O–H groups in total. The summed E-state index contributed by atoms with van der Waals surface area (Å²) in [6, 6.07) is 5.64. The molecule has 0 saturated carbocycles. The Kier molecular flexibility index (Phi) is 5.03. The van der Waals surface area contributed by atoms with Crippen LogP contribution in [0.4, 0.5) is 0 Å². The van der Waals surface area contributed by atoms with Gasteiger partial charge in [0.1, 0.15) is 12.4 Å². The number of ether oxygens (including phenoxy) is 1. The molecule has 1 atom stereocenters. The van der Waals surface area contributed by atoms with Crippen molar-refractivity contribution in [1.82, 2.24) is 0 Å². The van der Waals surface area contributed by atoms with Crippen LogP contribution in [0.1, 0.15) is 32.4 Å². The highest BCUT2D eigenvalue weighted by molar-refractivity contribution is 9.10. The zero-order valence-electron chi connectivity index (χ0n) is 9.83. The van der Waals surface area contributed by atoms with Gasteiger partial charge in [0.25, 0.3) is 0 Å². The van der Waals surface area contributed by atoms with Gasteiger partial charge in [0.2, 0.25) is 0 Å². The lowest BCUT2D eigenvalue weighted by Gasteiger charge is -2.12. The Labute approximate surface area is 105 Å². The van der Waals surface area contributed by atoms with Gasteiger partial charge >= 0.3 is 0 Å². The molecular weight excluding hydrogens is 268 g/mol. The molecule has 0 amide bonds. The second kappa shape index (κ2) is 6.06. The Morgan fingerprint density at radius 1 is 1.50 bits per heavy atom. The average molecular weight is 285 g/mol. The number of allylic oxidation sites excluding steroid dienone is 1. The van der Waals surface area contributed by atoms with Crippen molar-refractivity contribution in [3.8, 4) is 5.75 Å². The molecule has 16 heavy (non-hydrogen) atoms. The molecule has 1 unspecified atom stereocenters. The summed E-state index contributed by atoms with van der Waals surface area (Å²) < 4.78 is 6.57. The highest BCUT2D eigenvalue weighted by atomic mass is 79.9. The molecule has 3 heteroatoms. The molecule has 0 aliphatic rings. The zero-order valence-corrected chi connectivity index (χ0v) is 11.4. The molecule has 0 fully saturated rings. The first-order valence-electron chi connectivity index (χ1n) is 5.24. The van der Waals surface area contributed by atoms with Crippen molar-refractivity contribution >= 4 is 15.9 Å². The molecule has 0 aliphatic carbocycles. The van der Waals surface area contributed by atoms with E-state index in [1.54, 1.807) is 6.92 Å². The van der Waals surface area contributed by atoms with Crippen molar-refractivity contribution < 1.29 is 9.84 Å². The van der Waals surface area contributed by atoms with Crippen molar-refractivity contribution in [2.45, 2.75) is 26.9 Å². The van der Waals surface area contributed by atoms with E-state index < -0.39 is 6.10 Å². The summed E-state index contributed by atoms with van der Waals surface area (Å²) in [5.41, 5.74) is 2.03. The van der Waals surface area contributed by atoms with Crippen molar-refractivity contribution in [2.24, 2.45) is 0 Å². The average Bonchev–Trinajstić information content (AvgIpc) is 2.16. The van der Waals surface area contributed by atoms with Crippen LogP contribution >= 0.6 is 15.9 Å². The molecule has 0 saturated heterocycles. The molecule has 1 rings (SSSR count). The number of aliphatic hydroxyl groups excluding tert-OH is 1. The normalized spacial score (nSPS) is 12.1. The minimum absolute atomic E-state index is 0.519. The summed E-state index contributed by atoms with van der Waals surface area (Å²) in [6.07, 6.45) is 1.49. The fraction of sp³-hybridized carbons (Fsp3) is 0.385. The van der Waals surface area contributed by atoms with Crippen LogP contribution in [0.15, 0.2) is 34.3 Å². The quantitative estimate of drug-likeness (QED) is 0.851. The first-order chi connectivity index (χ1) is 7.50. The van der Waals surface area contributed by atoms with Crippen molar-refractivity contribution in [2.75, 3.05) is 6.61 Å². The van der Waals surface area contributed by atoms with E-state index in [-0.39, 0.29) is 0 Å². The topological polar surface area (TPSA) is 29.5 Å². The monoisotopic (exact) mass is 284 g/mol. The van der Waals surface area contributed by atoms with Gasteiger partial charge in [0.05, 0.1) is 6.10 Å². The number of aliphatic hydroxyl groups is 1. The Bertz CT molecular complexity index is 380. The Morgan fingerprint density at radius 2 is 2.19 bits per heavy atom. The van der Waals surface area contributed by atoms with Gasteiger partial charge in [0, 0.05) is 10.0 Å². The summed E-state index contributed by atoms with van der Waals surface area (Å²) in [6.45, 7) is 6.31. The van der Waals surface area contributed by atoms with Crippen LogP contribution < -0.4 is 4.74 Å². The van der Waals surface area contributed by atoms with E-state index in [4.69, 9.17) is 4.74 Å². The molecule has 2 nitrogen and oxygen atoms in total. The van der Waals surface area contributed by atoms with Gasteiger partial charge in [-0.25, -0.2) is 0 Å². The van der Waals surface area contributed by atoms with Crippen LogP contribution in [0, 0.1) is 0 Å². The van der Waals surface area contributed by atoms with Crippen LogP contribution in [0.3, 0.4) is 0 Å². The Balaban J connectivity index is 2.84. The minimum Gasteiger partial charge on any atom is -0.489 e. The molecule has 0 radical (unpaired) electrons. The summed E-state index contributed by atoms with van der Waals surface area (Å²) in [7, 11) is 0. The molecule has 0 spiro atoms. The highest BCUT2D eigenvalue weighted by Gasteiger charge is 2.09. The molecule has 0 aromatic heterocycles. The van der Waals surface area contributed by atoms with Gasteiger partial charge in [-0.2, -0.15) is 0 Å². The van der Waals surface area contributed by atoms with Crippen molar-refractivity contribution in [3.63, 3.8) is 0 Å². The van der Waals surface area contributed by atoms with Gasteiger partial charge < -0.3 is 9.84 Å². The van der Waals surface area contributed by atoms with Gasteiger partial charge in [-0.3, -0.25) is 0 Å². The molecule has 1 aromatic carbocycles. The van der Waals surface area contributed by atoms with Gasteiger partial charge in [-0.15, -0.1) is 0 Å². The molecule has 0 aliphatic heterocycles. The van der Waals surface area contributed by atoms with E-state index >= 15 is 0 Å². The lowest BCUT2D eigenvalue weighted by atomic mass is 10.1. The smallest absolute Gasteiger partial charge is 0.126 e. The largest absolute Gasteiger partial charge is 0.489 e. The minimum atomic E-state index is -0.519. The maximum Gasteiger partial charge on any atom is 0.126 e. The second-order valence-electron chi connectivity index (χ2n) is 3.95. The summed E-state index contributed by atoms with van der Waals surface area (Å²) in [5, 5.41) is 9.59. The van der Waals surface area contributed by atoms with E-state index in [1.807, 2.05) is 38.1 Å². The number of rotatable bonds is 4. The van der Waals surface area contributed by atoms with E-state index in [1.165, 1.54) is 5.57 Å². The first-order valence-corrected chi connectivity index (χ1v) is 6.03. The lowest BCUT2D eigenvalue weighted by Crippen LogP contribution is -2.00. The lowest BCUT2D eigenvalue weighted by molar-refractivity contribution is 0.193. The van der Waals surface area contributed by atoms with Crippen LogP contribution in [-0.2, 0) is 0 Å². The molecule has 1 aromatic rings. The standard InChI is InChI=1S/C13H17BrO2/c1-9(2)6-7-16-13-8-11(14)4-5-12(13)10(3)15/h4-6,8,10,15H,7H2,1-3H3. The van der Waals surface area contributed by atoms with Gasteiger partial charge in [0.15, 0.2) is 0 Å². The number of benzene rings is 1. The van der Waals surface area contributed by atoms with Crippen LogP contribution in [-0.4, -0.2) is 11.7 Å². The first kappa shape index (κ1) is 13.3. The van der Waals surface area contributed by atoms with Crippen LogP contribution in [0.2, 0.25) is 0 Å². The third kappa shape index (κ3) is 3.99. The highest BCUT2D eigenvalue weighted by Crippen LogP contribution is 2.28. The van der Waals surface area contributed by atoms with E-state index in [0.717, 1.165) is 15.8 Å². The van der Waals surface area contributed by atoms with Gasteiger partial charge in [-0.05, 0) is 39.0 Å². The molecular formula is C13H17BrO2. The Hall–Kier alpha value is -0.800. The summed E-state index contributed by atoms with van der Waals surface area (Å²) >= 11 is 3.39. The summed E-state index contributed by atoms with van der Waals surface area (Å²) in [5.74, 6) is 0.724. The second-order valence-corrected chi connectivity index (χ2v) is 4.87. The maximum atomic E-state index is 9.59. The predicted molar refractivity (Wildman–Crippen MR) is 69.7 cm³/mol. The van der Waals surface area contributed by atoms with Crippen molar-refractivity contribution in [1.29, 1.82) is 0 Å². The van der Waals surface area contributed by atoms with Crippen LogP contribution in [0.5, 0.6) is 5.75 Å². The van der Waals surface area contributed by atoms with E-state index in [2.05, 4.69) is 15.9 Å². The predicted octanol–water partition coefficient (Wildman–Crippen LogP) is 3.85. The number of halogens is 1. The molecule has 88 valence electrons. The van der Waals surface area contributed by atoms with E-state index in [9.17, 15) is 5.11 Å². The van der Waals surface area contributed by atoms with Crippen molar-refractivity contribution in [3.05, 3.63) is 39.9 Å². The number of hydrogen-bond acceptors (Lipinski definition) is 2. The third-order valence-electron chi connectivity index (χ3n) is 2.16. The van der Waals surface area contributed by atoms with E-state index in [0.29, 0.717) is 6.61 Å². The Morgan fingerprint density at radius 3 is 2.75 bits per heavy atom. The van der Waals surface area contributed by atoms with Gasteiger partial charge in [-0.1, -0.05) is 27.6 Å². The number of hydrogen-bond donors (Lipinski definition) is 1. The maximum absolute atomic E-state index is 9.59. The fourth-order valence-corrected chi connectivity index (χ4v) is 1.62. The molecule has 0 heterocycles.